The zero-order valence-electron chi connectivity index (χ0n) is 36.1. The van der Waals surface area contributed by atoms with Gasteiger partial charge in [0.2, 0.25) is 0 Å². The van der Waals surface area contributed by atoms with E-state index >= 15 is 0 Å². The number of halogens is 1. The van der Waals surface area contributed by atoms with Crippen LogP contribution in [0.2, 0.25) is 5.02 Å². The predicted octanol–water partition coefficient (Wildman–Crippen LogP) is 7.37. The van der Waals surface area contributed by atoms with Gasteiger partial charge in [-0.2, -0.15) is 0 Å². The Balaban J connectivity index is 0.717. The van der Waals surface area contributed by atoms with Crippen molar-refractivity contribution in [3.05, 3.63) is 110 Å². The fraction of sp³-hybridized carbons (Fsp3) is 0.426. The van der Waals surface area contributed by atoms with Gasteiger partial charge in [0.05, 0.1) is 17.0 Å². The zero-order chi connectivity index (χ0) is 43.5. The molecule has 328 valence electrons. The van der Waals surface area contributed by atoms with Crippen molar-refractivity contribution < 1.29 is 20.1 Å². The van der Waals surface area contributed by atoms with Gasteiger partial charge < -0.3 is 25.0 Å². The van der Waals surface area contributed by atoms with Gasteiger partial charge in [0, 0.05) is 85.9 Å². The summed E-state index contributed by atoms with van der Waals surface area (Å²) in [6.07, 6.45) is 3.88. The summed E-state index contributed by atoms with van der Waals surface area (Å²) in [6.45, 7) is 16.5. The molecule has 3 fully saturated rings. The van der Waals surface area contributed by atoms with E-state index in [1.807, 2.05) is 38.1 Å². The summed E-state index contributed by atoms with van der Waals surface area (Å²) < 4.78 is 10.2. The topological polar surface area (TPSA) is 157 Å². The second-order valence-electron chi connectivity index (χ2n) is 17.4. The van der Waals surface area contributed by atoms with Gasteiger partial charge in [-0.25, -0.2) is 4.57 Å². The van der Waals surface area contributed by atoms with Crippen molar-refractivity contribution in [1.29, 1.82) is 0 Å². The molecule has 0 spiro atoms. The van der Waals surface area contributed by atoms with Crippen LogP contribution in [0.25, 0.3) is 22.1 Å². The van der Waals surface area contributed by atoms with Crippen molar-refractivity contribution >= 4 is 28.6 Å². The number of piperidine rings is 1. The van der Waals surface area contributed by atoms with Crippen LogP contribution in [0.3, 0.4) is 0 Å². The van der Waals surface area contributed by atoms with Crippen LogP contribution in [-0.4, -0.2) is 123 Å². The summed E-state index contributed by atoms with van der Waals surface area (Å²) >= 11 is 8.10. The molecule has 0 saturated carbocycles. The average Bonchev–Trinajstić information content (AvgIpc) is 3.70. The van der Waals surface area contributed by atoms with Crippen molar-refractivity contribution in [3.63, 3.8) is 0 Å². The van der Waals surface area contributed by atoms with Crippen LogP contribution in [0.15, 0.2) is 65.7 Å². The maximum atomic E-state index is 10.6. The van der Waals surface area contributed by atoms with Gasteiger partial charge in [-0.3, -0.25) is 19.4 Å². The van der Waals surface area contributed by atoms with Crippen LogP contribution in [0.1, 0.15) is 76.6 Å². The molecular formula is C47H53ClN10O4S. The highest BCUT2D eigenvalue weighted by Gasteiger charge is 2.47. The third-order valence-corrected chi connectivity index (χ3v) is 14.9. The number of phenols is 2. The maximum Gasteiger partial charge on any atom is 0.319 e. The van der Waals surface area contributed by atoms with Crippen LogP contribution in [-0.2, 0) is 17.7 Å². The minimum atomic E-state index is -0.273. The summed E-state index contributed by atoms with van der Waals surface area (Å²) in [6, 6.07) is 18.6. The normalized spacial score (nSPS) is 21.0. The molecule has 0 bridgehead atoms. The summed E-state index contributed by atoms with van der Waals surface area (Å²) in [5.41, 5.74) is 7.34. The number of aromatic nitrogens is 6. The number of rotatable bonds is 11. The lowest BCUT2D eigenvalue weighted by molar-refractivity contribution is 0.0782. The number of fused-ring (bicyclic) bond motifs is 3. The minimum absolute atomic E-state index is 0.0207. The zero-order valence-corrected chi connectivity index (χ0v) is 37.6. The Kier molecular flexibility index (Phi) is 11.3. The van der Waals surface area contributed by atoms with Crippen molar-refractivity contribution in [1.82, 2.24) is 44.2 Å². The van der Waals surface area contributed by atoms with E-state index in [1.54, 1.807) is 17.4 Å². The van der Waals surface area contributed by atoms with Crippen LogP contribution in [0.4, 0.5) is 0 Å². The molecule has 3 saturated heterocycles. The molecule has 4 aliphatic heterocycles. The standard InChI is InChI=1S/C47H53ClN10O4S/c1-5-32-22-36(39(60)24-38(32)59)43-51-53-47(61)58(43)35-12-6-30(7-13-35)25-54-18-20-55(21-19-54)26-31-14-16-56(17-15-31)45-40(62-45)23-37-44-52-50-29(4)57(44)46-41(27(2)28(3)63-46)42(49-37)33-8-10-34(48)11-9-33/h6-13,22,24,31,37,40,45,59-60H,5,14-21,23,25-26H2,1-4H3,(H,53,61)/t37-,40?,45?/m1/s1. The monoisotopic (exact) mass is 888 g/mol. The molecule has 3 aromatic heterocycles. The van der Waals surface area contributed by atoms with Gasteiger partial charge in [0.25, 0.3) is 0 Å². The predicted molar refractivity (Wildman–Crippen MR) is 244 cm³/mol. The van der Waals surface area contributed by atoms with Gasteiger partial charge in [-0.05, 0) is 93.0 Å². The molecule has 3 N–H and O–H groups in total. The first-order valence-corrected chi connectivity index (χ1v) is 23.2. The molecule has 10 rings (SSSR count). The molecule has 16 heteroatoms. The molecule has 2 unspecified atom stereocenters. The van der Waals surface area contributed by atoms with Gasteiger partial charge in [-0.15, -0.1) is 26.6 Å². The number of epoxide rings is 1. The van der Waals surface area contributed by atoms with Crippen molar-refractivity contribution in [2.24, 2.45) is 10.9 Å². The SMILES string of the molecule is CCc1cc(-c2nnc(O)n2-c2ccc(CN3CCN(CC4CCN(C5OC5C[C@H]5N=C(c6ccc(Cl)cc6)c6c(sc(C)c6C)-n6c(C)nnc65)CC4)CC3)cc2)c(O)cc1O. The van der Waals surface area contributed by atoms with Crippen LogP contribution in [0.5, 0.6) is 17.5 Å². The smallest absolute Gasteiger partial charge is 0.319 e. The maximum absolute atomic E-state index is 10.6. The Hall–Kier alpha value is -5.16. The van der Waals surface area contributed by atoms with Gasteiger partial charge in [0.15, 0.2) is 11.6 Å². The number of thiophene rings is 1. The first-order valence-electron chi connectivity index (χ1n) is 22.0. The number of hydrogen-bond donors (Lipinski definition) is 3. The summed E-state index contributed by atoms with van der Waals surface area (Å²) in [5, 5.41) is 50.6. The van der Waals surface area contributed by atoms with Gasteiger partial charge in [0.1, 0.15) is 40.7 Å². The van der Waals surface area contributed by atoms with Crippen molar-refractivity contribution in [2.75, 3.05) is 45.8 Å². The van der Waals surface area contributed by atoms with Crippen LogP contribution in [0, 0.1) is 26.7 Å². The molecule has 3 atom stereocenters. The Bertz CT molecular complexity index is 2660. The van der Waals surface area contributed by atoms with E-state index in [1.165, 1.54) is 39.5 Å². The lowest BCUT2D eigenvalue weighted by Crippen LogP contribution is -2.48. The summed E-state index contributed by atoms with van der Waals surface area (Å²) in [4.78, 5) is 14.4. The van der Waals surface area contributed by atoms with E-state index in [4.69, 9.17) is 26.4 Å². The Morgan fingerprint density at radius 1 is 0.810 bits per heavy atom. The summed E-state index contributed by atoms with van der Waals surface area (Å²) in [5.74, 6) is 2.61. The molecule has 0 radical (unpaired) electrons. The fourth-order valence-electron chi connectivity index (χ4n) is 9.67. The molecule has 63 heavy (non-hydrogen) atoms. The third kappa shape index (κ3) is 8.15. The fourth-order valence-corrected chi connectivity index (χ4v) is 11.0. The van der Waals surface area contributed by atoms with E-state index in [0.29, 0.717) is 40.0 Å². The molecule has 4 aliphatic rings. The molecule has 3 aromatic carbocycles. The molecule has 6 aromatic rings. The molecule has 7 heterocycles. The number of ether oxygens (including phenoxy) is 1. The minimum Gasteiger partial charge on any atom is -0.508 e. The van der Waals surface area contributed by atoms with Gasteiger partial charge in [-0.1, -0.05) is 47.9 Å². The van der Waals surface area contributed by atoms with E-state index < -0.39 is 0 Å². The van der Waals surface area contributed by atoms with E-state index in [2.05, 4.69) is 72.7 Å². The Labute approximate surface area is 376 Å². The number of hydrogen-bond acceptors (Lipinski definition) is 13. The van der Waals surface area contributed by atoms with Crippen molar-refractivity contribution in [3.8, 4) is 39.6 Å². The highest BCUT2D eigenvalue weighted by Crippen LogP contribution is 2.43. The number of aromatic hydroxyl groups is 3. The summed E-state index contributed by atoms with van der Waals surface area (Å²) in [7, 11) is 0. The van der Waals surface area contributed by atoms with E-state index in [0.717, 1.165) is 92.3 Å². The number of benzene rings is 3. The second-order valence-corrected chi connectivity index (χ2v) is 19.1. The molecule has 14 nitrogen and oxygen atoms in total. The number of aliphatic imine (C=N–C) groups is 1. The number of aryl methyl sites for hydroxylation is 3. The quantitative estimate of drug-likeness (QED) is 0.112. The lowest BCUT2D eigenvalue weighted by atomic mass is 9.95. The van der Waals surface area contributed by atoms with E-state index in [-0.39, 0.29) is 35.9 Å². The number of phenolic OH excluding ortho intramolecular Hbond substituents is 2. The Morgan fingerprint density at radius 2 is 1.54 bits per heavy atom. The number of nitrogens with zero attached hydrogens (tertiary/aromatic N) is 10. The highest BCUT2D eigenvalue weighted by atomic mass is 35.5. The Morgan fingerprint density at radius 3 is 2.27 bits per heavy atom. The second kappa shape index (κ2) is 17.1. The first-order chi connectivity index (χ1) is 30.5. The third-order valence-electron chi connectivity index (χ3n) is 13.4. The molecule has 0 aliphatic carbocycles. The van der Waals surface area contributed by atoms with Crippen LogP contribution < -0.4 is 0 Å². The number of piperazine rings is 1. The van der Waals surface area contributed by atoms with Gasteiger partial charge >= 0.3 is 6.01 Å². The highest BCUT2D eigenvalue weighted by molar-refractivity contribution is 7.15. The van der Waals surface area contributed by atoms with Crippen LogP contribution >= 0.6 is 22.9 Å². The molecular weight excluding hydrogens is 836 g/mol. The van der Waals surface area contributed by atoms with Crippen molar-refractivity contribution in [2.45, 2.75) is 78.3 Å². The van der Waals surface area contributed by atoms with E-state index in [9.17, 15) is 15.3 Å². The number of likely N-dealkylation sites (tertiary alicyclic amines) is 1. The lowest BCUT2D eigenvalue weighted by Gasteiger charge is -2.38. The molecule has 0 amide bonds. The average molecular weight is 890 g/mol. The largest absolute Gasteiger partial charge is 0.508 e. The first kappa shape index (κ1) is 41.8.